The second-order valence-corrected chi connectivity index (χ2v) is 17.8. The first-order valence-corrected chi connectivity index (χ1v) is 26.8. The Morgan fingerprint density at radius 2 is 0.619 bits per heavy atom. The molecule has 0 aliphatic carbocycles. The van der Waals surface area contributed by atoms with Crippen molar-refractivity contribution >= 4 is 17.9 Å². The number of rotatable bonds is 48. The Kier molecular flexibility index (Phi) is 49.4. The molecular formula is C57H100O6. The highest BCUT2D eigenvalue weighted by molar-refractivity contribution is 5.71. The van der Waals surface area contributed by atoms with Crippen LogP contribution < -0.4 is 0 Å². The molecule has 0 aromatic heterocycles. The van der Waals surface area contributed by atoms with Crippen LogP contribution in [-0.2, 0) is 28.6 Å². The Balaban J connectivity index is 4.32. The van der Waals surface area contributed by atoms with Gasteiger partial charge in [0.15, 0.2) is 6.10 Å². The summed E-state index contributed by atoms with van der Waals surface area (Å²) in [5, 5.41) is 0. The van der Waals surface area contributed by atoms with E-state index in [2.05, 4.69) is 81.5 Å². The van der Waals surface area contributed by atoms with Crippen LogP contribution in [0.2, 0.25) is 0 Å². The van der Waals surface area contributed by atoms with Gasteiger partial charge in [-0.2, -0.15) is 0 Å². The molecule has 6 heteroatoms. The van der Waals surface area contributed by atoms with Crippen LogP contribution in [0.4, 0.5) is 0 Å². The van der Waals surface area contributed by atoms with Gasteiger partial charge in [0.2, 0.25) is 0 Å². The van der Waals surface area contributed by atoms with Gasteiger partial charge < -0.3 is 14.2 Å². The second kappa shape index (κ2) is 51.7. The van der Waals surface area contributed by atoms with Crippen molar-refractivity contribution in [3.05, 3.63) is 60.8 Å². The molecule has 0 heterocycles. The third-order valence-electron chi connectivity index (χ3n) is 11.5. The molecule has 0 saturated carbocycles. The Bertz CT molecular complexity index is 1150. The first kappa shape index (κ1) is 60.1. The van der Waals surface area contributed by atoms with Gasteiger partial charge in [-0.15, -0.1) is 0 Å². The lowest BCUT2D eigenvalue weighted by Gasteiger charge is -2.18. The largest absolute Gasteiger partial charge is 0.462 e. The molecule has 0 aromatic carbocycles. The number of hydrogen-bond donors (Lipinski definition) is 0. The molecule has 0 amide bonds. The van der Waals surface area contributed by atoms with Gasteiger partial charge in [0.1, 0.15) is 13.2 Å². The van der Waals surface area contributed by atoms with E-state index in [1.54, 1.807) is 0 Å². The molecule has 0 fully saturated rings. The van der Waals surface area contributed by atoms with Crippen LogP contribution in [0.1, 0.15) is 265 Å². The van der Waals surface area contributed by atoms with Crippen molar-refractivity contribution < 1.29 is 28.6 Å². The number of allylic oxidation sites excluding steroid dienone is 10. The molecule has 0 bridgehead atoms. The van der Waals surface area contributed by atoms with Crippen LogP contribution >= 0.6 is 0 Å². The van der Waals surface area contributed by atoms with E-state index in [4.69, 9.17) is 14.2 Å². The molecule has 0 aromatic rings. The second-order valence-electron chi connectivity index (χ2n) is 17.8. The fourth-order valence-electron chi connectivity index (χ4n) is 7.53. The van der Waals surface area contributed by atoms with Crippen molar-refractivity contribution in [1.82, 2.24) is 0 Å². The maximum atomic E-state index is 12.8. The third kappa shape index (κ3) is 50.0. The Morgan fingerprint density at radius 1 is 0.333 bits per heavy atom. The zero-order valence-electron chi connectivity index (χ0n) is 41.6. The average Bonchev–Trinajstić information content (AvgIpc) is 3.28. The lowest BCUT2D eigenvalue weighted by atomic mass is 10.0. The van der Waals surface area contributed by atoms with E-state index in [1.165, 1.54) is 128 Å². The summed E-state index contributed by atoms with van der Waals surface area (Å²) >= 11 is 0. The fraction of sp³-hybridized carbons (Fsp3) is 0.772. The standard InChI is InChI=1S/C57H100O6/c1-4-7-10-13-16-19-21-23-25-27-29-31-32-34-36-38-41-44-47-50-56(59)62-53-54(52-61-55(58)49-46-43-40-18-15-12-9-6-3)63-57(60)51-48-45-42-39-37-35-33-30-28-26-24-22-20-17-14-11-8-5-2/h7,10,16,19,23,25,29,31,34,36,54H,4-6,8-9,11-15,17-18,20-22,24,26-28,30,32-33,35,37-53H2,1-3H3/b10-7-,19-16-,25-23-,31-29-,36-34-. The van der Waals surface area contributed by atoms with E-state index in [0.717, 1.165) is 96.3 Å². The van der Waals surface area contributed by atoms with Gasteiger partial charge in [-0.05, 0) is 64.2 Å². The minimum absolute atomic E-state index is 0.0821. The highest BCUT2D eigenvalue weighted by Crippen LogP contribution is 2.16. The maximum Gasteiger partial charge on any atom is 0.306 e. The Labute approximate surface area is 390 Å². The molecule has 6 nitrogen and oxygen atoms in total. The van der Waals surface area contributed by atoms with Gasteiger partial charge in [-0.25, -0.2) is 0 Å². The molecule has 63 heavy (non-hydrogen) atoms. The monoisotopic (exact) mass is 881 g/mol. The average molecular weight is 881 g/mol. The minimum Gasteiger partial charge on any atom is -0.462 e. The predicted octanol–water partition coefficient (Wildman–Crippen LogP) is 17.6. The van der Waals surface area contributed by atoms with Crippen molar-refractivity contribution in [2.24, 2.45) is 0 Å². The molecule has 0 aliphatic rings. The SMILES string of the molecule is CC/C=C\C/C=C\C/C=C\C/C=C\C/C=C\CCCCCC(=O)OCC(COC(=O)CCCCCCCCCC)OC(=O)CCCCCCCCCCCCCCCCCCCC. The van der Waals surface area contributed by atoms with E-state index in [0.29, 0.717) is 19.3 Å². The molecule has 1 atom stereocenters. The quantitative estimate of drug-likeness (QED) is 0.0262. The normalized spacial score (nSPS) is 12.5. The molecule has 0 spiro atoms. The summed E-state index contributed by atoms with van der Waals surface area (Å²) in [4.78, 5) is 37.9. The predicted molar refractivity (Wildman–Crippen MR) is 270 cm³/mol. The lowest BCUT2D eigenvalue weighted by molar-refractivity contribution is -0.167. The molecule has 0 rings (SSSR count). The molecule has 0 radical (unpaired) electrons. The van der Waals surface area contributed by atoms with E-state index < -0.39 is 6.10 Å². The Morgan fingerprint density at radius 3 is 0.968 bits per heavy atom. The van der Waals surface area contributed by atoms with Crippen LogP contribution in [0.3, 0.4) is 0 Å². The summed E-state index contributed by atoms with van der Waals surface area (Å²) in [6, 6.07) is 0. The maximum absolute atomic E-state index is 12.8. The van der Waals surface area contributed by atoms with Gasteiger partial charge in [-0.1, -0.05) is 242 Å². The first-order chi connectivity index (χ1) is 31.0. The van der Waals surface area contributed by atoms with E-state index in [-0.39, 0.29) is 31.1 Å². The first-order valence-electron chi connectivity index (χ1n) is 26.8. The van der Waals surface area contributed by atoms with E-state index in [1.807, 2.05) is 0 Å². The number of unbranched alkanes of at least 4 members (excludes halogenated alkanes) is 27. The van der Waals surface area contributed by atoms with Crippen LogP contribution in [0.15, 0.2) is 60.8 Å². The number of carbonyl (C=O) groups excluding carboxylic acids is 3. The summed E-state index contributed by atoms with van der Waals surface area (Å²) < 4.78 is 16.8. The lowest BCUT2D eigenvalue weighted by Crippen LogP contribution is -2.30. The van der Waals surface area contributed by atoms with Crippen molar-refractivity contribution in [3.63, 3.8) is 0 Å². The molecule has 1 unspecified atom stereocenters. The van der Waals surface area contributed by atoms with Crippen molar-refractivity contribution in [1.29, 1.82) is 0 Å². The van der Waals surface area contributed by atoms with Gasteiger partial charge in [0.05, 0.1) is 0 Å². The van der Waals surface area contributed by atoms with E-state index in [9.17, 15) is 14.4 Å². The van der Waals surface area contributed by atoms with Crippen molar-refractivity contribution in [2.75, 3.05) is 13.2 Å². The van der Waals surface area contributed by atoms with Gasteiger partial charge in [-0.3, -0.25) is 14.4 Å². The summed E-state index contributed by atoms with van der Waals surface area (Å²) in [5.74, 6) is -0.911. The summed E-state index contributed by atoms with van der Waals surface area (Å²) in [7, 11) is 0. The fourth-order valence-corrected chi connectivity index (χ4v) is 7.53. The van der Waals surface area contributed by atoms with Gasteiger partial charge in [0, 0.05) is 19.3 Å². The number of carbonyl (C=O) groups is 3. The Hall–Kier alpha value is -2.89. The van der Waals surface area contributed by atoms with Crippen LogP contribution in [0.5, 0.6) is 0 Å². The topological polar surface area (TPSA) is 78.9 Å². The zero-order chi connectivity index (χ0) is 45.8. The molecule has 0 N–H and O–H groups in total. The number of hydrogen-bond acceptors (Lipinski definition) is 6. The smallest absolute Gasteiger partial charge is 0.306 e. The molecule has 0 aliphatic heterocycles. The molecule has 364 valence electrons. The van der Waals surface area contributed by atoms with Crippen LogP contribution in [0, 0.1) is 0 Å². The summed E-state index contributed by atoms with van der Waals surface area (Å²) in [5.41, 5.74) is 0. The van der Waals surface area contributed by atoms with E-state index >= 15 is 0 Å². The van der Waals surface area contributed by atoms with Crippen molar-refractivity contribution in [2.45, 2.75) is 271 Å². The minimum atomic E-state index is -0.783. The highest BCUT2D eigenvalue weighted by Gasteiger charge is 2.19. The molecular weight excluding hydrogens is 781 g/mol. The van der Waals surface area contributed by atoms with Gasteiger partial charge in [0.25, 0.3) is 0 Å². The zero-order valence-corrected chi connectivity index (χ0v) is 41.6. The number of ether oxygens (including phenoxy) is 3. The van der Waals surface area contributed by atoms with Crippen LogP contribution in [0.25, 0.3) is 0 Å². The highest BCUT2D eigenvalue weighted by atomic mass is 16.6. The summed E-state index contributed by atoms with van der Waals surface area (Å²) in [6.07, 6.45) is 63.6. The van der Waals surface area contributed by atoms with Crippen molar-refractivity contribution in [3.8, 4) is 0 Å². The summed E-state index contributed by atoms with van der Waals surface area (Å²) in [6.45, 7) is 6.49. The third-order valence-corrected chi connectivity index (χ3v) is 11.5. The number of esters is 3. The van der Waals surface area contributed by atoms with Gasteiger partial charge >= 0.3 is 17.9 Å². The van der Waals surface area contributed by atoms with Crippen LogP contribution in [-0.4, -0.2) is 37.2 Å². The molecule has 0 saturated heterocycles.